The SMILES string of the molecule is O=[n+]1c2c(n([O-])c3cc(Cl)ccc31)-c1cccc3cccc-2c13. The van der Waals surface area contributed by atoms with Crippen LogP contribution in [0.2, 0.25) is 5.02 Å². The first-order valence-electron chi connectivity index (χ1n) is 7.17. The Hall–Kier alpha value is -2.85. The summed E-state index contributed by atoms with van der Waals surface area (Å²) in [4.78, 5) is 12.9. The summed E-state index contributed by atoms with van der Waals surface area (Å²) in [5.41, 5.74) is 2.96. The van der Waals surface area contributed by atoms with Crippen LogP contribution in [0.15, 0.2) is 54.6 Å². The maximum absolute atomic E-state index is 12.9. The van der Waals surface area contributed by atoms with E-state index >= 15 is 0 Å². The largest absolute Gasteiger partial charge is 0.805 e. The first-order valence-corrected chi connectivity index (χ1v) is 7.55. The molecule has 0 N–H and O–H groups in total. The van der Waals surface area contributed by atoms with Crippen LogP contribution in [0.25, 0.3) is 44.3 Å². The minimum atomic E-state index is 0.274. The number of rotatable bonds is 0. The Morgan fingerprint density at radius 3 is 2.52 bits per heavy atom. The van der Waals surface area contributed by atoms with E-state index in [2.05, 4.69) is 0 Å². The minimum Gasteiger partial charge on any atom is -0.805 e. The van der Waals surface area contributed by atoms with Crippen molar-refractivity contribution in [2.24, 2.45) is 0 Å². The zero-order valence-electron chi connectivity index (χ0n) is 11.8. The normalized spacial score (nSPS) is 12.0. The lowest BCUT2D eigenvalue weighted by Gasteiger charge is -2.16. The molecule has 1 aromatic heterocycles. The van der Waals surface area contributed by atoms with E-state index in [0.29, 0.717) is 21.9 Å². The molecule has 1 aliphatic carbocycles. The van der Waals surface area contributed by atoms with Crippen molar-refractivity contribution >= 4 is 33.4 Å². The second-order valence-electron chi connectivity index (χ2n) is 5.63. The Bertz CT molecular complexity index is 1210. The van der Waals surface area contributed by atoms with Gasteiger partial charge in [0.2, 0.25) is 0 Å². The topological polar surface area (TPSA) is 51.0 Å². The standard InChI is InChI=1S/C18H9ClN2O2/c19-11-7-8-14-15(9-11)21(23)18-13-6-2-4-10-3-1-5-12(16(10)13)17(18)20(14)22/h1-9H. The molecular weight excluding hydrogens is 312 g/mol. The Morgan fingerprint density at radius 1 is 1.00 bits per heavy atom. The highest BCUT2D eigenvalue weighted by Gasteiger charge is 2.33. The van der Waals surface area contributed by atoms with Crippen LogP contribution < -0.4 is 4.43 Å². The highest BCUT2D eigenvalue weighted by Crippen LogP contribution is 2.45. The lowest BCUT2D eigenvalue weighted by molar-refractivity contribution is -0.450. The zero-order valence-corrected chi connectivity index (χ0v) is 12.5. The van der Waals surface area contributed by atoms with Gasteiger partial charge in [0.25, 0.3) is 11.2 Å². The number of benzene rings is 3. The average Bonchev–Trinajstić information content (AvgIpc) is 2.90. The second kappa shape index (κ2) is 4.12. The summed E-state index contributed by atoms with van der Waals surface area (Å²) in [7, 11) is 0. The van der Waals surface area contributed by atoms with Crippen LogP contribution in [-0.2, 0) is 0 Å². The van der Waals surface area contributed by atoms with Crippen LogP contribution in [0.1, 0.15) is 0 Å². The van der Waals surface area contributed by atoms with Gasteiger partial charge in [-0.15, -0.1) is 0 Å². The van der Waals surface area contributed by atoms with Crippen molar-refractivity contribution in [3.05, 3.63) is 69.7 Å². The molecule has 110 valence electrons. The fourth-order valence-electron chi connectivity index (χ4n) is 3.47. The molecule has 1 heterocycles. The first kappa shape index (κ1) is 12.7. The monoisotopic (exact) mass is 320 g/mol. The van der Waals surface area contributed by atoms with Gasteiger partial charge < -0.3 is 9.94 Å². The smallest absolute Gasteiger partial charge is 0.295 e. The number of hydrogen-bond acceptors (Lipinski definition) is 2. The Labute approximate surface area is 135 Å². The fraction of sp³-hybridized carbons (Fsp3) is 0. The molecule has 0 unspecified atom stereocenters. The molecule has 0 aliphatic heterocycles. The number of aromatic nitrogens is 2. The summed E-state index contributed by atoms with van der Waals surface area (Å²) in [6, 6.07) is 16.3. The minimum absolute atomic E-state index is 0.274. The highest BCUT2D eigenvalue weighted by molar-refractivity contribution is 6.31. The van der Waals surface area contributed by atoms with Crippen LogP contribution >= 0.6 is 11.6 Å². The van der Waals surface area contributed by atoms with E-state index in [1.165, 1.54) is 6.07 Å². The molecule has 4 aromatic rings. The van der Waals surface area contributed by atoms with Gasteiger partial charge in [0, 0.05) is 26.9 Å². The van der Waals surface area contributed by atoms with Crippen molar-refractivity contribution < 1.29 is 4.43 Å². The number of nitrogens with zero attached hydrogens (tertiary/aromatic N) is 2. The molecule has 0 atom stereocenters. The van der Waals surface area contributed by atoms with Crippen molar-refractivity contribution in [1.82, 2.24) is 4.73 Å². The van der Waals surface area contributed by atoms with E-state index in [-0.39, 0.29) is 5.52 Å². The van der Waals surface area contributed by atoms with Crippen LogP contribution in [0.3, 0.4) is 0 Å². The quantitative estimate of drug-likeness (QED) is 0.398. The van der Waals surface area contributed by atoms with E-state index < -0.39 is 0 Å². The van der Waals surface area contributed by atoms with Crippen LogP contribution in [0.4, 0.5) is 0 Å². The van der Waals surface area contributed by atoms with Gasteiger partial charge in [0.1, 0.15) is 11.2 Å². The number of halogens is 1. The molecule has 0 amide bonds. The summed E-state index contributed by atoms with van der Waals surface area (Å²) >= 11 is 6.00. The van der Waals surface area contributed by atoms with Gasteiger partial charge in [-0.25, -0.2) is 0 Å². The molecule has 0 spiro atoms. The zero-order chi connectivity index (χ0) is 15.7. The van der Waals surface area contributed by atoms with Gasteiger partial charge in [-0.05, 0) is 23.6 Å². The molecule has 0 bridgehead atoms. The molecule has 23 heavy (non-hydrogen) atoms. The summed E-state index contributed by atoms with van der Waals surface area (Å²) in [6.45, 7) is 0. The molecule has 5 heteroatoms. The Balaban J connectivity index is 2.10. The molecule has 1 aliphatic rings. The second-order valence-corrected chi connectivity index (χ2v) is 6.06. The van der Waals surface area contributed by atoms with Crippen LogP contribution in [0, 0.1) is 10.1 Å². The number of hydrogen-bond donors (Lipinski definition) is 0. The van der Waals surface area contributed by atoms with Crippen LogP contribution in [-0.4, -0.2) is 4.73 Å². The Kier molecular flexibility index (Phi) is 2.27. The lowest BCUT2D eigenvalue weighted by atomic mass is 10.0. The molecule has 4 nitrogen and oxygen atoms in total. The summed E-state index contributed by atoms with van der Waals surface area (Å²) in [5, 5.41) is 15.3. The molecule has 0 fully saturated rings. The van der Waals surface area contributed by atoms with E-state index in [1.54, 1.807) is 12.1 Å². The van der Waals surface area contributed by atoms with Gasteiger partial charge in [0.15, 0.2) is 0 Å². The molecule has 5 rings (SSSR count). The molecule has 0 saturated heterocycles. The third kappa shape index (κ3) is 1.46. The van der Waals surface area contributed by atoms with Gasteiger partial charge in [0.05, 0.1) is 9.99 Å². The van der Waals surface area contributed by atoms with Crippen molar-refractivity contribution in [2.75, 3.05) is 0 Å². The molecule has 0 saturated carbocycles. The Morgan fingerprint density at radius 2 is 1.74 bits per heavy atom. The van der Waals surface area contributed by atoms with E-state index in [4.69, 9.17) is 11.6 Å². The van der Waals surface area contributed by atoms with E-state index in [0.717, 1.165) is 31.1 Å². The molecule has 0 radical (unpaired) electrons. The summed E-state index contributed by atoms with van der Waals surface area (Å²) < 4.78 is 1.66. The van der Waals surface area contributed by atoms with Gasteiger partial charge in [-0.2, -0.15) is 0 Å². The van der Waals surface area contributed by atoms with Gasteiger partial charge in [-0.1, -0.05) is 41.9 Å². The third-order valence-corrected chi connectivity index (χ3v) is 4.66. The maximum Gasteiger partial charge on any atom is 0.295 e. The molecule has 3 aromatic carbocycles. The molecular formula is C18H9ClN2O2. The van der Waals surface area contributed by atoms with Crippen molar-refractivity contribution in [1.29, 1.82) is 0 Å². The fourth-order valence-corrected chi connectivity index (χ4v) is 3.64. The maximum atomic E-state index is 12.9. The predicted octanol–water partition coefficient (Wildman–Crippen LogP) is 4.36. The number of fused-ring (bicyclic) bond motifs is 4. The third-order valence-electron chi connectivity index (χ3n) is 4.42. The lowest BCUT2D eigenvalue weighted by Crippen LogP contribution is -2.22. The van der Waals surface area contributed by atoms with Crippen LogP contribution in [0.5, 0.6) is 0 Å². The van der Waals surface area contributed by atoms with Crippen molar-refractivity contribution in [2.45, 2.75) is 0 Å². The van der Waals surface area contributed by atoms with Gasteiger partial charge in [-0.3, -0.25) is 0 Å². The highest BCUT2D eigenvalue weighted by atomic mass is 35.5. The van der Waals surface area contributed by atoms with Gasteiger partial charge >= 0.3 is 0 Å². The average molecular weight is 321 g/mol. The summed E-state index contributed by atoms with van der Waals surface area (Å²) in [5.74, 6) is 0. The van der Waals surface area contributed by atoms with Crippen molar-refractivity contribution in [3.8, 4) is 22.5 Å². The van der Waals surface area contributed by atoms with E-state index in [1.807, 2.05) is 36.4 Å². The van der Waals surface area contributed by atoms with Crippen molar-refractivity contribution in [3.63, 3.8) is 0 Å². The summed E-state index contributed by atoms with van der Waals surface area (Å²) in [6.07, 6.45) is 0. The first-order chi connectivity index (χ1) is 11.2. The predicted molar refractivity (Wildman–Crippen MR) is 91.0 cm³/mol. The van der Waals surface area contributed by atoms with E-state index in [9.17, 15) is 10.1 Å².